The number of benzene rings is 1. The van der Waals surface area contributed by atoms with Crippen LogP contribution in [-0.4, -0.2) is 34.2 Å². The first-order valence-corrected chi connectivity index (χ1v) is 7.06. The van der Waals surface area contributed by atoms with Gasteiger partial charge in [-0.25, -0.2) is 4.99 Å². The first-order valence-electron chi connectivity index (χ1n) is 6.18. The molecule has 1 unspecified atom stereocenters. The molecule has 0 aliphatic carbocycles. The fourth-order valence-corrected chi connectivity index (χ4v) is 2.78. The van der Waals surface area contributed by atoms with Crippen LogP contribution in [0.25, 0.3) is 0 Å². The zero-order valence-electron chi connectivity index (χ0n) is 11.5. The van der Waals surface area contributed by atoms with Crippen molar-refractivity contribution in [3.05, 3.63) is 29.3 Å². The second-order valence-electron chi connectivity index (χ2n) is 4.75. The fraction of sp³-hybridized carbons (Fsp3) is 0.357. The Morgan fingerprint density at radius 2 is 2.10 bits per heavy atom. The van der Waals surface area contributed by atoms with E-state index < -0.39 is 11.2 Å². The maximum atomic E-state index is 11.8. The number of aliphatic carboxylic acids is 1. The number of hydrogen-bond donors (Lipinski definition) is 0. The third-order valence-corrected chi connectivity index (χ3v) is 4.47. The molecule has 0 bridgehead atoms. The summed E-state index contributed by atoms with van der Waals surface area (Å²) in [5.74, 6) is -1.50. The topological polar surface area (TPSA) is 72.8 Å². The lowest BCUT2D eigenvalue weighted by Gasteiger charge is -2.29. The monoisotopic (exact) mass is 291 g/mol. The number of amides is 1. The number of carbonyl (C=O) groups excluding carboxylic acids is 2. The number of rotatable bonds is 2. The van der Waals surface area contributed by atoms with Crippen LogP contribution >= 0.6 is 11.8 Å². The Bertz CT molecular complexity index is 598. The number of aryl methyl sites for hydroxylation is 2. The summed E-state index contributed by atoms with van der Waals surface area (Å²) < 4.78 is 0. The van der Waals surface area contributed by atoms with Crippen molar-refractivity contribution >= 4 is 34.5 Å². The minimum Gasteiger partial charge on any atom is -0.549 e. The third-order valence-electron chi connectivity index (χ3n) is 3.25. The molecule has 0 N–H and O–H groups in total. The molecule has 1 aromatic rings. The number of thioether (sulfide) groups is 1. The summed E-state index contributed by atoms with van der Waals surface area (Å²) in [7, 11) is 1.60. The summed E-state index contributed by atoms with van der Waals surface area (Å²) in [6.07, 6.45) is -0.0601. The number of carboxylic acids is 1. The molecule has 1 aliphatic rings. The minimum atomic E-state index is -1.23. The van der Waals surface area contributed by atoms with E-state index in [1.54, 1.807) is 7.05 Å². The van der Waals surface area contributed by atoms with Crippen molar-refractivity contribution in [2.24, 2.45) is 4.99 Å². The molecule has 0 saturated carbocycles. The lowest BCUT2D eigenvalue weighted by atomic mass is 10.1. The highest BCUT2D eigenvalue weighted by Gasteiger charge is 2.30. The molecule has 6 heteroatoms. The van der Waals surface area contributed by atoms with Crippen molar-refractivity contribution in [3.63, 3.8) is 0 Å². The molecule has 0 radical (unpaired) electrons. The highest BCUT2D eigenvalue weighted by atomic mass is 32.2. The molecule has 20 heavy (non-hydrogen) atoms. The molecule has 106 valence electrons. The van der Waals surface area contributed by atoms with Crippen molar-refractivity contribution in [2.75, 3.05) is 7.05 Å². The van der Waals surface area contributed by atoms with E-state index in [4.69, 9.17) is 0 Å². The molecule has 2 rings (SSSR count). The average molecular weight is 291 g/mol. The third kappa shape index (κ3) is 3.01. The number of carboxylic acid groups (broad SMARTS) is 1. The van der Waals surface area contributed by atoms with E-state index in [0.717, 1.165) is 22.9 Å². The SMILES string of the molecule is Cc1ccc(N=C2SC(C(=O)[O-])CC(=O)N2C)cc1C. The highest BCUT2D eigenvalue weighted by Crippen LogP contribution is 2.28. The van der Waals surface area contributed by atoms with Crippen molar-refractivity contribution in [1.29, 1.82) is 0 Å². The number of hydrogen-bond acceptors (Lipinski definition) is 5. The van der Waals surface area contributed by atoms with Gasteiger partial charge in [0.05, 0.1) is 16.9 Å². The van der Waals surface area contributed by atoms with Gasteiger partial charge in [0.15, 0.2) is 5.17 Å². The van der Waals surface area contributed by atoms with Gasteiger partial charge in [0, 0.05) is 13.5 Å². The van der Waals surface area contributed by atoms with Gasteiger partial charge in [-0.1, -0.05) is 17.8 Å². The van der Waals surface area contributed by atoms with Crippen LogP contribution in [0, 0.1) is 13.8 Å². The number of amidine groups is 1. The summed E-state index contributed by atoms with van der Waals surface area (Å²) >= 11 is 1.05. The van der Waals surface area contributed by atoms with E-state index >= 15 is 0 Å². The predicted octanol–water partition coefficient (Wildman–Crippen LogP) is 1.00. The molecule has 1 aromatic carbocycles. The molecular formula is C14H15N2O3S-. The summed E-state index contributed by atoms with van der Waals surface area (Å²) in [4.78, 5) is 28.5. The Labute approximate surface area is 121 Å². The van der Waals surface area contributed by atoms with E-state index in [-0.39, 0.29) is 12.3 Å². The summed E-state index contributed by atoms with van der Waals surface area (Å²) in [5, 5.41) is 10.5. The first-order chi connectivity index (χ1) is 9.38. The van der Waals surface area contributed by atoms with Crippen molar-refractivity contribution in [2.45, 2.75) is 25.5 Å². The number of aliphatic imine (C=N–C) groups is 1. The van der Waals surface area contributed by atoms with Crippen molar-refractivity contribution in [1.82, 2.24) is 4.90 Å². The van der Waals surface area contributed by atoms with Crippen LogP contribution in [-0.2, 0) is 9.59 Å². The average Bonchev–Trinajstić information content (AvgIpc) is 2.38. The Kier molecular flexibility index (Phi) is 4.13. The number of nitrogens with zero attached hydrogens (tertiary/aromatic N) is 2. The molecule has 1 saturated heterocycles. The van der Waals surface area contributed by atoms with E-state index in [1.807, 2.05) is 32.0 Å². The molecule has 1 fully saturated rings. The standard InChI is InChI=1S/C14H16N2O3S/c1-8-4-5-10(6-9(8)2)15-14-16(3)12(17)7-11(20-14)13(18)19/h4-6,11H,7H2,1-3H3,(H,18,19)/p-1. The van der Waals surface area contributed by atoms with Gasteiger partial charge >= 0.3 is 0 Å². The fourth-order valence-electron chi connectivity index (χ4n) is 1.79. The minimum absolute atomic E-state index is 0.0601. The van der Waals surface area contributed by atoms with Gasteiger partial charge < -0.3 is 9.90 Å². The normalized spacial score (nSPS) is 21.4. The van der Waals surface area contributed by atoms with E-state index in [2.05, 4.69) is 4.99 Å². The van der Waals surface area contributed by atoms with Crippen LogP contribution in [0.5, 0.6) is 0 Å². The molecule has 0 aromatic heterocycles. The van der Waals surface area contributed by atoms with Gasteiger partial charge in [-0.05, 0) is 37.1 Å². The van der Waals surface area contributed by atoms with Crippen LogP contribution in [0.4, 0.5) is 5.69 Å². The van der Waals surface area contributed by atoms with Crippen LogP contribution < -0.4 is 5.11 Å². The first kappa shape index (κ1) is 14.6. The molecule has 1 aliphatic heterocycles. The predicted molar refractivity (Wildman–Crippen MR) is 76.8 cm³/mol. The van der Waals surface area contributed by atoms with Crippen LogP contribution in [0.2, 0.25) is 0 Å². The maximum absolute atomic E-state index is 11.8. The van der Waals surface area contributed by atoms with Crippen LogP contribution in [0.3, 0.4) is 0 Å². The second kappa shape index (κ2) is 5.66. The molecular weight excluding hydrogens is 276 g/mol. The summed E-state index contributed by atoms with van der Waals surface area (Å²) in [5.41, 5.74) is 2.95. The lowest BCUT2D eigenvalue weighted by Crippen LogP contribution is -2.45. The Hall–Kier alpha value is -1.82. The van der Waals surface area contributed by atoms with Gasteiger partial charge in [-0.2, -0.15) is 0 Å². The van der Waals surface area contributed by atoms with E-state index in [1.165, 1.54) is 4.90 Å². The molecule has 1 atom stereocenters. The molecule has 1 amide bonds. The van der Waals surface area contributed by atoms with Crippen molar-refractivity contribution < 1.29 is 14.7 Å². The van der Waals surface area contributed by atoms with Gasteiger partial charge in [0.2, 0.25) is 5.91 Å². The van der Waals surface area contributed by atoms with Crippen molar-refractivity contribution in [3.8, 4) is 0 Å². The van der Waals surface area contributed by atoms with Crippen LogP contribution in [0.15, 0.2) is 23.2 Å². The maximum Gasteiger partial charge on any atom is 0.229 e. The van der Waals surface area contributed by atoms with Gasteiger partial charge in [-0.3, -0.25) is 9.69 Å². The zero-order chi connectivity index (χ0) is 14.9. The van der Waals surface area contributed by atoms with Gasteiger partial charge in [0.1, 0.15) is 0 Å². The quantitative estimate of drug-likeness (QED) is 0.815. The second-order valence-corrected chi connectivity index (χ2v) is 5.92. The summed E-state index contributed by atoms with van der Waals surface area (Å²) in [6.45, 7) is 3.98. The summed E-state index contributed by atoms with van der Waals surface area (Å²) in [6, 6.07) is 5.70. The van der Waals surface area contributed by atoms with E-state index in [9.17, 15) is 14.7 Å². The van der Waals surface area contributed by atoms with Gasteiger partial charge in [-0.15, -0.1) is 0 Å². The Balaban J connectivity index is 2.32. The molecule has 5 nitrogen and oxygen atoms in total. The molecule has 0 spiro atoms. The smallest absolute Gasteiger partial charge is 0.229 e. The van der Waals surface area contributed by atoms with Gasteiger partial charge in [0.25, 0.3) is 0 Å². The Morgan fingerprint density at radius 1 is 1.40 bits per heavy atom. The van der Waals surface area contributed by atoms with E-state index in [0.29, 0.717) is 10.9 Å². The van der Waals surface area contributed by atoms with Crippen LogP contribution in [0.1, 0.15) is 17.5 Å². The Morgan fingerprint density at radius 3 is 2.70 bits per heavy atom. The lowest BCUT2D eigenvalue weighted by molar-refractivity contribution is -0.304. The largest absolute Gasteiger partial charge is 0.549 e. The molecule has 1 heterocycles. The highest BCUT2D eigenvalue weighted by molar-refractivity contribution is 8.15. The zero-order valence-corrected chi connectivity index (χ0v) is 12.4. The number of carbonyl (C=O) groups is 2.